The molecule has 5 nitrogen and oxygen atoms in total. The molecule has 5 heteroatoms. The van der Waals surface area contributed by atoms with E-state index in [2.05, 4.69) is 35.4 Å². The quantitative estimate of drug-likeness (QED) is 0.708. The molecule has 88 valence electrons. The van der Waals surface area contributed by atoms with Crippen LogP contribution in [-0.2, 0) is 6.42 Å². The molecule has 1 N–H and O–H groups in total. The minimum absolute atomic E-state index is 0.157. The summed E-state index contributed by atoms with van der Waals surface area (Å²) in [4.78, 5) is 3.94. The van der Waals surface area contributed by atoms with Crippen molar-refractivity contribution in [2.24, 2.45) is 5.41 Å². The Balaban J connectivity index is 2.12. The molecule has 0 aliphatic heterocycles. The van der Waals surface area contributed by atoms with Crippen LogP contribution in [0.4, 0.5) is 0 Å². The van der Waals surface area contributed by atoms with Crippen molar-refractivity contribution < 1.29 is 4.52 Å². The number of nitrogens with zero attached hydrogens (tertiary/aromatic N) is 3. The van der Waals surface area contributed by atoms with E-state index in [1.54, 1.807) is 0 Å². The molecule has 0 fully saturated rings. The minimum atomic E-state index is 0.157. The highest BCUT2D eigenvalue weighted by Gasteiger charge is 2.16. The van der Waals surface area contributed by atoms with Gasteiger partial charge in [-0.1, -0.05) is 19.0 Å². The molecule has 0 spiro atoms. The van der Waals surface area contributed by atoms with Crippen LogP contribution < -0.4 is 5.32 Å². The van der Waals surface area contributed by atoms with Gasteiger partial charge in [0.25, 0.3) is 0 Å². The molecule has 1 aromatic rings. The second-order valence-corrected chi connectivity index (χ2v) is 4.58. The van der Waals surface area contributed by atoms with E-state index < -0.39 is 0 Å². The molecule has 0 bridgehead atoms. The predicted molar refractivity (Wildman–Crippen MR) is 59.5 cm³/mol. The maximum absolute atomic E-state index is 8.53. The van der Waals surface area contributed by atoms with Crippen molar-refractivity contribution in [1.82, 2.24) is 15.5 Å². The fourth-order valence-electron chi connectivity index (χ4n) is 1.41. The minimum Gasteiger partial charge on any atom is -0.340 e. The van der Waals surface area contributed by atoms with Crippen molar-refractivity contribution in [1.29, 1.82) is 5.26 Å². The number of aromatic nitrogens is 2. The zero-order valence-electron chi connectivity index (χ0n) is 9.86. The molecule has 0 aliphatic rings. The average Bonchev–Trinajstić information content (AvgIpc) is 2.75. The second kappa shape index (κ2) is 6.23. The Kier molecular flexibility index (Phi) is 4.93. The number of hydrogen-bond acceptors (Lipinski definition) is 5. The molecule has 0 saturated carbocycles. The number of nitriles is 1. The zero-order valence-corrected chi connectivity index (χ0v) is 9.86. The third-order valence-electron chi connectivity index (χ3n) is 2.44. The van der Waals surface area contributed by atoms with Gasteiger partial charge in [0, 0.05) is 25.9 Å². The lowest BCUT2D eigenvalue weighted by Gasteiger charge is -2.23. The third-order valence-corrected chi connectivity index (χ3v) is 2.44. The zero-order chi connectivity index (χ0) is 11.9. The first-order chi connectivity index (χ1) is 7.64. The van der Waals surface area contributed by atoms with Crippen molar-refractivity contribution in [2.75, 3.05) is 13.1 Å². The summed E-state index contributed by atoms with van der Waals surface area (Å²) in [7, 11) is 0. The molecular weight excluding hydrogens is 204 g/mol. The smallest absolute Gasteiger partial charge is 0.227 e. The Morgan fingerprint density at radius 1 is 1.56 bits per heavy atom. The van der Waals surface area contributed by atoms with Crippen LogP contribution in [-0.4, -0.2) is 23.2 Å². The van der Waals surface area contributed by atoms with Crippen LogP contribution in [0.25, 0.3) is 0 Å². The third kappa shape index (κ3) is 4.89. The van der Waals surface area contributed by atoms with E-state index in [4.69, 9.17) is 9.78 Å². The SMILES string of the molecule is CC(C)(CCC#N)CNCCc1ncno1. The summed E-state index contributed by atoms with van der Waals surface area (Å²) in [5, 5.41) is 15.4. The monoisotopic (exact) mass is 222 g/mol. The first-order valence-corrected chi connectivity index (χ1v) is 5.47. The molecule has 0 aromatic carbocycles. The van der Waals surface area contributed by atoms with E-state index in [1.807, 2.05) is 0 Å². The van der Waals surface area contributed by atoms with Gasteiger partial charge in [0.2, 0.25) is 5.89 Å². The lowest BCUT2D eigenvalue weighted by Crippen LogP contribution is -2.30. The van der Waals surface area contributed by atoms with Gasteiger partial charge in [-0.3, -0.25) is 0 Å². The summed E-state index contributed by atoms with van der Waals surface area (Å²) in [6, 6.07) is 2.18. The van der Waals surface area contributed by atoms with Gasteiger partial charge in [0.05, 0.1) is 6.07 Å². The van der Waals surface area contributed by atoms with Gasteiger partial charge in [-0.15, -0.1) is 0 Å². The Labute approximate surface area is 95.8 Å². The summed E-state index contributed by atoms with van der Waals surface area (Å²) in [6.07, 6.45) is 3.68. The second-order valence-electron chi connectivity index (χ2n) is 4.58. The first-order valence-electron chi connectivity index (χ1n) is 5.47. The first kappa shape index (κ1) is 12.7. The van der Waals surface area contributed by atoms with Gasteiger partial charge >= 0.3 is 0 Å². The maximum Gasteiger partial charge on any atom is 0.227 e. The number of nitrogens with one attached hydrogen (secondary N) is 1. The summed E-state index contributed by atoms with van der Waals surface area (Å²) < 4.78 is 4.89. The lowest BCUT2D eigenvalue weighted by atomic mass is 9.88. The molecule has 0 unspecified atom stereocenters. The predicted octanol–water partition coefficient (Wildman–Crippen LogP) is 1.53. The van der Waals surface area contributed by atoms with Gasteiger partial charge < -0.3 is 9.84 Å². The molecule has 16 heavy (non-hydrogen) atoms. The van der Waals surface area contributed by atoms with Crippen molar-refractivity contribution >= 4 is 0 Å². The molecular formula is C11H18N4O. The van der Waals surface area contributed by atoms with Crippen molar-refractivity contribution in [3.05, 3.63) is 12.2 Å². The van der Waals surface area contributed by atoms with Crippen LogP contribution in [0.1, 0.15) is 32.6 Å². The van der Waals surface area contributed by atoms with Crippen LogP contribution in [0.2, 0.25) is 0 Å². The Hall–Kier alpha value is -1.41. The van der Waals surface area contributed by atoms with E-state index in [0.717, 1.165) is 25.9 Å². The van der Waals surface area contributed by atoms with E-state index in [-0.39, 0.29) is 5.41 Å². The van der Waals surface area contributed by atoms with Crippen LogP contribution in [0, 0.1) is 16.7 Å². The van der Waals surface area contributed by atoms with Crippen molar-refractivity contribution in [3.8, 4) is 6.07 Å². The van der Waals surface area contributed by atoms with Crippen LogP contribution in [0.5, 0.6) is 0 Å². The van der Waals surface area contributed by atoms with Gasteiger partial charge in [0.15, 0.2) is 6.33 Å². The molecule has 0 radical (unpaired) electrons. The van der Waals surface area contributed by atoms with Crippen molar-refractivity contribution in [3.63, 3.8) is 0 Å². The molecule has 1 heterocycles. The summed E-state index contributed by atoms with van der Waals surface area (Å²) in [6.45, 7) is 6.02. The molecule has 0 atom stereocenters. The summed E-state index contributed by atoms with van der Waals surface area (Å²) in [5.41, 5.74) is 0.157. The molecule has 1 aromatic heterocycles. The van der Waals surface area contributed by atoms with E-state index >= 15 is 0 Å². The average molecular weight is 222 g/mol. The van der Waals surface area contributed by atoms with Gasteiger partial charge in [-0.2, -0.15) is 10.2 Å². The molecule has 1 rings (SSSR count). The van der Waals surface area contributed by atoms with E-state index in [1.165, 1.54) is 6.33 Å². The van der Waals surface area contributed by atoms with Gasteiger partial charge in [-0.05, 0) is 11.8 Å². The Morgan fingerprint density at radius 3 is 3.00 bits per heavy atom. The highest BCUT2D eigenvalue weighted by molar-refractivity contribution is 4.80. The Morgan fingerprint density at radius 2 is 2.38 bits per heavy atom. The van der Waals surface area contributed by atoms with Gasteiger partial charge in [-0.25, -0.2) is 0 Å². The highest BCUT2D eigenvalue weighted by Crippen LogP contribution is 2.20. The standard InChI is InChI=1S/C11H18N4O/c1-11(2,5-3-6-12)8-13-7-4-10-14-9-15-16-10/h9,13H,3-5,7-8H2,1-2H3. The topological polar surface area (TPSA) is 74.7 Å². The summed E-state index contributed by atoms with van der Waals surface area (Å²) in [5.74, 6) is 0.655. The molecule has 0 amide bonds. The maximum atomic E-state index is 8.53. The van der Waals surface area contributed by atoms with Gasteiger partial charge in [0.1, 0.15) is 0 Å². The largest absolute Gasteiger partial charge is 0.340 e. The normalized spacial score (nSPS) is 11.3. The Bertz CT molecular complexity index is 326. The lowest BCUT2D eigenvalue weighted by molar-refractivity contribution is 0.314. The highest BCUT2D eigenvalue weighted by atomic mass is 16.5. The molecule has 0 saturated heterocycles. The fourth-order valence-corrected chi connectivity index (χ4v) is 1.41. The van der Waals surface area contributed by atoms with Crippen molar-refractivity contribution in [2.45, 2.75) is 33.1 Å². The van der Waals surface area contributed by atoms with Crippen LogP contribution in [0.3, 0.4) is 0 Å². The summed E-state index contributed by atoms with van der Waals surface area (Å²) >= 11 is 0. The number of rotatable bonds is 7. The van der Waals surface area contributed by atoms with Crippen LogP contribution in [0.15, 0.2) is 10.9 Å². The van der Waals surface area contributed by atoms with Crippen LogP contribution >= 0.6 is 0 Å². The molecule has 0 aliphatic carbocycles. The number of hydrogen-bond donors (Lipinski definition) is 1. The van der Waals surface area contributed by atoms with E-state index in [0.29, 0.717) is 12.3 Å². The fraction of sp³-hybridized carbons (Fsp3) is 0.727. The van der Waals surface area contributed by atoms with E-state index in [9.17, 15) is 0 Å².